The summed E-state index contributed by atoms with van der Waals surface area (Å²) in [5, 5.41) is 3.21. The molecule has 3 nitrogen and oxygen atoms in total. The van der Waals surface area contributed by atoms with E-state index in [0.29, 0.717) is 13.1 Å². The number of rotatable bonds is 2. The minimum Gasteiger partial charge on any atom is -0.468 e. The first kappa shape index (κ1) is 9.43. The van der Waals surface area contributed by atoms with Gasteiger partial charge in [-0.15, -0.1) is 0 Å². The van der Waals surface area contributed by atoms with Crippen LogP contribution in [0.1, 0.15) is 20.3 Å². The Morgan fingerprint density at radius 2 is 2.30 bits per heavy atom. The van der Waals surface area contributed by atoms with Crippen LogP contribution >= 0.6 is 0 Å². The molecule has 0 amide bonds. The van der Waals surface area contributed by atoms with Gasteiger partial charge < -0.3 is 10.1 Å². The standard InChI is InChI=1S/C4H9N.C3H6O2/c1-4-2-3-5-4;1-2-5-3-4/h4-5H,2-3H2,1H3;3H,2H2,1H3. The Balaban J connectivity index is 0.000000162. The number of hydrogen-bond acceptors (Lipinski definition) is 3. The van der Waals surface area contributed by atoms with Crippen LogP contribution in [-0.2, 0) is 9.53 Å². The van der Waals surface area contributed by atoms with Crippen LogP contribution in [0.3, 0.4) is 0 Å². The van der Waals surface area contributed by atoms with Gasteiger partial charge in [-0.2, -0.15) is 0 Å². The molecule has 0 aromatic rings. The van der Waals surface area contributed by atoms with E-state index in [1.165, 1.54) is 13.0 Å². The summed E-state index contributed by atoms with van der Waals surface area (Å²) in [6.45, 7) is 6.10. The van der Waals surface area contributed by atoms with E-state index in [1.54, 1.807) is 6.92 Å². The van der Waals surface area contributed by atoms with Gasteiger partial charge in [0, 0.05) is 6.04 Å². The first-order valence-electron chi connectivity index (χ1n) is 3.60. The maximum absolute atomic E-state index is 9.18. The van der Waals surface area contributed by atoms with Crippen molar-refractivity contribution in [3.05, 3.63) is 0 Å². The quantitative estimate of drug-likeness (QED) is 0.576. The summed E-state index contributed by atoms with van der Waals surface area (Å²) in [5.41, 5.74) is 0. The number of carbonyl (C=O) groups is 1. The lowest BCUT2D eigenvalue weighted by Crippen LogP contribution is -2.39. The molecule has 0 radical (unpaired) electrons. The van der Waals surface area contributed by atoms with Gasteiger partial charge in [0.25, 0.3) is 6.47 Å². The van der Waals surface area contributed by atoms with E-state index in [-0.39, 0.29) is 0 Å². The van der Waals surface area contributed by atoms with Gasteiger partial charge in [-0.05, 0) is 26.8 Å². The molecule has 1 heterocycles. The van der Waals surface area contributed by atoms with E-state index in [0.717, 1.165) is 6.04 Å². The average molecular weight is 145 g/mol. The highest BCUT2D eigenvalue weighted by atomic mass is 16.5. The lowest BCUT2D eigenvalue weighted by molar-refractivity contribution is -0.128. The Morgan fingerprint density at radius 3 is 2.30 bits per heavy atom. The second kappa shape index (κ2) is 6.55. The van der Waals surface area contributed by atoms with Gasteiger partial charge in [-0.1, -0.05) is 0 Å². The zero-order valence-corrected chi connectivity index (χ0v) is 6.59. The fraction of sp³-hybridized carbons (Fsp3) is 0.857. The van der Waals surface area contributed by atoms with Gasteiger partial charge >= 0.3 is 0 Å². The van der Waals surface area contributed by atoms with Crippen LogP contribution < -0.4 is 5.32 Å². The Morgan fingerprint density at radius 1 is 1.80 bits per heavy atom. The third kappa shape index (κ3) is 5.56. The van der Waals surface area contributed by atoms with Crippen molar-refractivity contribution >= 4 is 6.47 Å². The predicted molar refractivity (Wildman–Crippen MR) is 39.8 cm³/mol. The normalized spacial score (nSPS) is 21.6. The van der Waals surface area contributed by atoms with Crippen LogP contribution in [0, 0.1) is 0 Å². The van der Waals surface area contributed by atoms with Gasteiger partial charge in [0.05, 0.1) is 6.61 Å². The van der Waals surface area contributed by atoms with Gasteiger partial charge in [-0.25, -0.2) is 0 Å². The van der Waals surface area contributed by atoms with Crippen molar-refractivity contribution in [1.29, 1.82) is 0 Å². The molecule has 1 atom stereocenters. The molecule has 1 aliphatic rings. The molecular weight excluding hydrogens is 130 g/mol. The lowest BCUT2D eigenvalue weighted by atomic mass is 10.1. The molecule has 1 aliphatic heterocycles. The van der Waals surface area contributed by atoms with Crippen molar-refractivity contribution in [3.8, 4) is 0 Å². The second-order valence-electron chi connectivity index (χ2n) is 2.20. The third-order valence-corrected chi connectivity index (χ3v) is 1.30. The highest BCUT2D eigenvalue weighted by Crippen LogP contribution is 1.96. The van der Waals surface area contributed by atoms with Crippen molar-refractivity contribution in [1.82, 2.24) is 5.32 Å². The van der Waals surface area contributed by atoms with Crippen molar-refractivity contribution in [2.24, 2.45) is 0 Å². The van der Waals surface area contributed by atoms with Crippen LogP contribution in [0.4, 0.5) is 0 Å². The van der Waals surface area contributed by atoms with Gasteiger partial charge in [0.15, 0.2) is 0 Å². The summed E-state index contributed by atoms with van der Waals surface area (Å²) >= 11 is 0. The van der Waals surface area contributed by atoms with E-state index < -0.39 is 0 Å². The van der Waals surface area contributed by atoms with E-state index in [2.05, 4.69) is 17.0 Å². The zero-order valence-electron chi connectivity index (χ0n) is 6.59. The average Bonchev–Trinajstić information content (AvgIpc) is 1.87. The molecule has 0 aliphatic carbocycles. The molecule has 0 aromatic heterocycles. The topological polar surface area (TPSA) is 38.3 Å². The van der Waals surface area contributed by atoms with Crippen molar-refractivity contribution < 1.29 is 9.53 Å². The fourth-order valence-corrected chi connectivity index (χ4v) is 0.501. The van der Waals surface area contributed by atoms with Gasteiger partial charge in [-0.3, -0.25) is 4.79 Å². The summed E-state index contributed by atoms with van der Waals surface area (Å²) in [7, 11) is 0. The SMILES string of the molecule is CC1CCN1.CCOC=O. The summed E-state index contributed by atoms with van der Waals surface area (Å²) in [5.74, 6) is 0. The third-order valence-electron chi connectivity index (χ3n) is 1.30. The Kier molecular flexibility index (Phi) is 6.18. The molecular formula is C7H15NO2. The minimum absolute atomic E-state index is 0.431. The van der Waals surface area contributed by atoms with Crippen molar-refractivity contribution in [2.75, 3.05) is 13.2 Å². The molecule has 1 saturated heterocycles. The van der Waals surface area contributed by atoms with Crippen LogP contribution in [-0.4, -0.2) is 25.7 Å². The summed E-state index contributed by atoms with van der Waals surface area (Å²) < 4.78 is 4.15. The number of carbonyl (C=O) groups excluding carboxylic acids is 1. The molecule has 1 rings (SSSR count). The maximum atomic E-state index is 9.18. The summed E-state index contributed by atoms with van der Waals surface area (Å²) in [4.78, 5) is 9.18. The smallest absolute Gasteiger partial charge is 0.293 e. The largest absolute Gasteiger partial charge is 0.468 e. The second-order valence-corrected chi connectivity index (χ2v) is 2.20. The van der Waals surface area contributed by atoms with Crippen LogP contribution in [0.5, 0.6) is 0 Å². The lowest BCUT2D eigenvalue weighted by Gasteiger charge is -2.22. The highest BCUT2D eigenvalue weighted by molar-refractivity contribution is 5.36. The van der Waals surface area contributed by atoms with Crippen LogP contribution in [0.15, 0.2) is 0 Å². The van der Waals surface area contributed by atoms with E-state index >= 15 is 0 Å². The van der Waals surface area contributed by atoms with E-state index in [4.69, 9.17) is 0 Å². The van der Waals surface area contributed by atoms with Crippen LogP contribution in [0.25, 0.3) is 0 Å². The maximum Gasteiger partial charge on any atom is 0.293 e. The first-order chi connectivity index (χ1) is 4.81. The molecule has 0 saturated carbocycles. The highest BCUT2D eigenvalue weighted by Gasteiger charge is 2.07. The summed E-state index contributed by atoms with van der Waals surface area (Å²) in [6.07, 6.45) is 1.38. The number of ether oxygens (including phenoxy) is 1. The summed E-state index contributed by atoms with van der Waals surface area (Å²) in [6, 6.07) is 0.815. The Labute approximate surface area is 61.8 Å². The molecule has 1 fully saturated rings. The predicted octanol–water partition coefficient (Wildman–Crippen LogP) is 0.547. The molecule has 0 bridgehead atoms. The number of nitrogens with one attached hydrogen (secondary N) is 1. The molecule has 0 aromatic carbocycles. The molecule has 1 unspecified atom stereocenters. The van der Waals surface area contributed by atoms with E-state index in [1.807, 2.05) is 0 Å². The zero-order chi connectivity index (χ0) is 7.82. The molecule has 3 heteroatoms. The molecule has 10 heavy (non-hydrogen) atoms. The fourth-order valence-electron chi connectivity index (χ4n) is 0.501. The van der Waals surface area contributed by atoms with Gasteiger partial charge in [0.1, 0.15) is 0 Å². The van der Waals surface area contributed by atoms with Crippen LogP contribution in [0.2, 0.25) is 0 Å². The number of hydrogen-bond donors (Lipinski definition) is 1. The van der Waals surface area contributed by atoms with Gasteiger partial charge in [0.2, 0.25) is 0 Å². The molecule has 0 spiro atoms. The minimum atomic E-state index is 0.431. The van der Waals surface area contributed by atoms with E-state index in [9.17, 15) is 4.79 Å². The molecule has 60 valence electrons. The van der Waals surface area contributed by atoms with Crippen molar-refractivity contribution in [3.63, 3.8) is 0 Å². The monoisotopic (exact) mass is 145 g/mol. The first-order valence-corrected chi connectivity index (χ1v) is 3.60. The molecule has 1 N–H and O–H groups in total. The Bertz CT molecular complexity index is 81.7. The Hall–Kier alpha value is -0.570. The van der Waals surface area contributed by atoms with Crippen molar-refractivity contribution in [2.45, 2.75) is 26.3 Å².